The summed E-state index contributed by atoms with van der Waals surface area (Å²) in [7, 11) is 0. The summed E-state index contributed by atoms with van der Waals surface area (Å²) in [5, 5.41) is 4.09. The number of furan rings is 1. The third kappa shape index (κ3) is 4.21. The van der Waals surface area contributed by atoms with E-state index in [1.807, 2.05) is 24.3 Å². The number of para-hydroxylation sites is 1. The number of aromatic nitrogens is 1. The van der Waals surface area contributed by atoms with Gasteiger partial charge in [0.15, 0.2) is 10.4 Å². The Hall–Kier alpha value is -1.96. The highest BCUT2D eigenvalue weighted by atomic mass is 79.9. The fourth-order valence-corrected chi connectivity index (χ4v) is 4.55. The summed E-state index contributed by atoms with van der Waals surface area (Å²) in [5.41, 5.74) is 3.33. The highest BCUT2D eigenvalue weighted by Crippen LogP contribution is 2.37. The molecule has 0 bridgehead atoms. The lowest BCUT2D eigenvalue weighted by Gasteiger charge is -2.06. The minimum Gasteiger partial charge on any atom is -0.444 e. The third-order valence-electron chi connectivity index (χ3n) is 4.22. The van der Waals surface area contributed by atoms with Gasteiger partial charge in [0.2, 0.25) is 0 Å². The second-order valence-electron chi connectivity index (χ2n) is 6.09. The van der Waals surface area contributed by atoms with Gasteiger partial charge < -0.3 is 14.7 Å². The molecule has 2 aromatic carbocycles. The van der Waals surface area contributed by atoms with Crippen LogP contribution in [0.25, 0.3) is 22.2 Å². The zero-order valence-corrected chi connectivity index (χ0v) is 18.7. The molecule has 2 N–H and O–H groups in total. The van der Waals surface area contributed by atoms with Gasteiger partial charge in [0.05, 0.1) is 5.69 Å². The van der Waals surface area contributed by atoms with Crippen LogP contribution >= 0.6 is 43.6 Å². The molecule has 4 nitrogen and oxygen atoms in total. The molecule has 142 valence electrons. The van der Waals surface area contributed by atoms with Gasteiger partial charge in [-0.15, -0.1) is 11.8 Å². The number of carbonyl (C=O) groups excluding carboxylic acids is 1. The first kappa shape index (κ1) is 19.4. The molecule has 28 heavy (non-hydrogen) atoms. The fraction of sp³-hybridized carbons (Fsp3) is 0.0952. The van der Waals surface area contributed by atoms with Crippen molar-refractivity contribution in [1.82, 2.24) is 10.3 Å². The summed E-state index contributed by atoms with van der Waals surface area (Å²) in [6.45, 7) is 0.543. The Morgan fingerprint density at radius 1 is 1.04 bits per heavy atom. The molecule has 0 radical (unpaired) electrons. The van der Waals surface area contributed by atoms with Gasteiger partial charge in [0.1, 0.15) is 0 Å². The first-order chi connectivity index (χ1) is 13.6. The van der Waals surface area contributed by atoms with E-state index < -0.39 is 0 Å². The summed E-state index contributed by atoms with van der Waals surface area (Å²) in [6, 6.07) is 19.9. The minimum atomic E-state index is -0.210. The normalized spacial score (nSPS) is 11.1. The van der Waals surface area contributed by atoms with E-state index in [9.17, 15) is 4.79 Å². The molecule has 0 saturated carbocycles. The van der Waals surface area contributed by atoms with Crippen LogP contribution in [-0.4, -0.2) is 23.2 Å². The first-order valence-corrected chi connectivity index (χ1v) is 11.2. The highest BCUT2D eigenvalue weighted by Gasteiger charge is 2.14. The van der Waals surface area contributed by atoms with E-state index in [-0.39, 0.29) is 5.91 Å². The van der Waals surface area contributed by atoms with Crippen molar-refractivity contribution in [2.45, 2.75) is 4.90 Å². The molecule has 2 heterocycles. The molecule has 0 aliphatic heterocycles. The van der Waals surface area contributed by atoms with Crippen LogP contribution < -0.4 is 5.32 Å². The Balaban J connectivity index is 1.50. The average molecular weight is 520 g/mol. The molecule has 0 atom stereocenters. The smallest absolute Gasteiger partial charge is 0.287 e. The predicted octanol–water partition coefficient (Wildman–Crippen LogP) is 6.48. The van der Waals surface area contributed by atoms with Crippen LogP contribution in [0.3, 0.4) is 0 Å². The van der Waals surface area contributed by atoms with Crippen LogP contribution in [0.1, 0.15) is 10.6 Å². The van der Waals surface area contributed by atoms with Crippen molar-refractivity contribution < 1.29 is 9.21 Å². The van der Waals surface area contributed by atoms with E-state index in [1.165, 1.54) is 10.3 Å². The second kappa shape index (κ2) is 8.59. The Morgan fingerprint density at radius 3 is 2.57 bits per heavy atom. The van der Waals surface area contributed by atoms with Crippen molar-refractivity contribution in [3.8, 4) is 11.3 Å². The van der Waals surface area contributed by atoms with Crippen molar-refractivity contribution >= 4 is 60.4 Å². The summed E-state index contributed by atoms with van der Waals surface area (Å²) in [5.74, 6) is 0.844. The number of hydrogen-bond donors (Lipinski definition) is 2. The molecule has 0 unspecified atom stereocenters. The Labute approximate surface area is 183 Å². The van der Waals surface area contributed by atoms with Crippen LogP contribution in [0.4, 0.5) is 0 Å². The molecule has 0 aliphatic rings. The lowest BCUT2D eigenvalue weighted by Crippen LogP contribution is -2.25. The molecular formula is C21H16Br2N2O2S. The summed E-state index contributed by atoms with van der Waals surface area (Å²) >= 11 is 8.43. The van der Waals surface area contributed by atoms with Gasteiger partial charge in [0, 0.05) is 32.6 Å². The number of amides is 1. The quantitative estimate of drug-likeness (QED) is 0.226. The van der Waals surface area contributed by atoms with Gasteiger partial charge in [-0.25, -0.2) is 0 Å². The van der Waals surface area contributed by atoms with E-state index in [2.05, 4.69) is 66.4 Å². The van der Waals surface area contributed by atoms with Gasteiger partial charge in [0.25, 0.3) is 5.91 Å². The maximum Gasteiger partial charge on any atom is 0.287 e. The van der Waals surface area contributed by atoms with E-state index in [1.54, 1.807) is 23.9 Å². The lowest BCUT2D eigenvalue weighted by atomic mass is 10.1. The molecule has 7 heteroatoms. The van der Waals surface area contributed by atoms with E-state index in [0.29, 0.717) is 17.0 Å². The number of fused-ring (bicyclic) bond motifs is 1. The van der Waals surface area contributed by atoms with Gasteiger partial charge in [-0.1, -0.05) is 46.3 Å². The molecular weight excluding hydrogens is 504 g/mol. The predicted molar refractivity (Wildman–Crippen MR) is 121 cm³/mol. The molecule has 0 spiro atoms. The lowest BCUT2D eigenvalue weighted by molar-refractivity contribution is 0.0927. The zero-order chi connectivity index (χ0) is 19.5. The van der Waals surface area contributed by atoms with Crippen molar-refractivity contribution in [2.75, 3.05) is 12.3 Å². The first-order valence-electron chi connectivity index (χ1n) is 8.65. The topological polar surface area (TPSA) is 58.0 Å². The molecule has 1 amide bonds. The number of hydrogen-bond acceptors (Lipinski definition) is 3. The number of benzene rings is 2. The van der Waals surface area contributed by atoms with Crippen LogP contribution in [0.2, 0.25) is 0 Å². The fourth-order valence-electron chi connectivity index (χ4n) is 2.93. The number of rotatable bonds is 6. The van der Waals surface area contributed by atoms with Crippen LogP contribution in [0, 0.1) is 0 Å². The SMILES string of the molecule is O=C(NCCSc1c(-c2ccc(Br)cc2)[nH]c2ccccc12)c1ccc(Br)o1. The summed E-state index contributed by atoms with van der Waals surface area (Å²) in [4.78, 5) is 16.8. The van der Waals surface area contributed by atoms with Crippen molar-refractivity contribution in [3.05, 3.63) is 75.6 Å². The van der Waals surface area contributed by atoms with Crippen LogP contribution in [-0.2, 0) is 0 Å². The molecule has 0 aliphatic carbocycles. The van der Waals surface area contributed by atoms with Crippen molar-refractivity contribution in [1.29, 1.82) is 0 Å². The van der Waals surface area contributed by atoms with Gasteiger partial charge >= 0.3 is 0 Å². The Bertz CT molecular complexity index is 1120. The average Bonchev–Trinajstić information content (AvgIpc) is 3.29. The number of H-pyrrole nitrogens is 1. The molecule has 2 aromatic heterocycles. The van der Waals surface area contributed by atoms with Crippen LogP contribution in [0.5, 0.6) is 0 Å². The third-order valence-corrected chi connectivity index (χ3v) is 6.30. The summed E-state index contributed by atoms with van der Waals surface area (Å²) in [6.07, 6.45) is 0. The number of aromatic amines is 1. The Morgan fingerprint density at radius 2 is 1.82 bits per heavy atom. The monoisotopic (exact) mass is 518 g/mol. The second-order valence-corrected chi connectivity index (χ2v) is 8.89. The van der Waals surface area contributed by atoms with Crippen molar-refractivity contribution in [2.24, 2.45) is 0 Å². The number of nitrogens with one attached hydrogen (secondary N) is 2. The van der Waals surface area contributed by atoms with E-state index in [4.69, 9.17) is 4.42 Å². The minimum absolute atomic E-state index is 0.210. The largest absolute Gasteiger partial charge is 0.444 e. The number of thioether (sulfide) groups is 1. The molecule has 0 saturated heterocycles. The highest BCUT2D eigenvalue weighted by molar-refractivity contribution is 9.10. The molecule has 4 rings (SSSR count). The van der Waals surface area contributed by atoms with Crippen molar-refractivity contribution in [3.63, 3.8) is 0 Å². The zero-order valence-electron chi connectivity index (χ0n) is 14.7. The summed E-state index contributed by atoms with van der Waals surface area (Å²) < 4.78 is 6.88. The maximum atomic E-state index is 12.1. The van der Waals surface area contributed by atoms with Crippen LogP contribution in [0.15, 0.2) is 79.1 Å². The standard InChI is InChI=1S/C21H16Br2N2O2S/c22-14-7-5-13(6-8-14)19-20(15-3-1-2-4-16(15)25-19)28-12-11-24-21(26)17-9-10-18(23)27-17/h1-10,25H,11-12H2,(H,24,26). The van der Waals surface area contributed by atoms with E-state index in [0.717, 1.165) is 27.0 Å². The molecule has 0 fully saturated rings. The maximum absolute atomic E-state index is 12.1. The number of halogens is 2. The Kier molecular flexibility index (Phi) is 5.94. The van der Waals surface area contributed by atoms with E-state index >= 15 is 0 Å². The molecule has 4 aromatic rings. The van der Waals surface area contributed by atoms with Gasteiger partial charge in [-0.3, -0.25) is 4.79 Å². The van der Waals surface area contributed by atoms with Gasteiger partial charge in [-0.2, -0.15) is 0 Å². The van der Waals surface area contributed by atoms with Gasteiger partial charge in [-0.05, 0) is 51.8 Å². The number of carbonyl (C=O) groups is 1.